The number of methoxy groups -OCH3 is 1. The van der Waals surface area contributed by atoms with Gasteiger partial charge in [0.25, 0.3) is 5.56 Å². The molecule has 0 fully saturated rings. The fourth-order valence-corrected chi connectivity index (χ4v) is 3.93. The van der Waals surface area contributed by atoms with Crippen LogP contribution in [0.2, 0.25) is 10.0 Å². The lowest BCUT2D eigenvalue weighted by Crippen LogP contribution is -2.10. The molecule has 0 atom stereocenters. The first-order valence-electron chi connectivity index (χ1n) is 9.49. The third kappa shape index (κ3) is 4.37. The number of nitrogens with zero attached hydrogens (tertiary/aromatic N) is 1. The van der Waals surface area contributed by atoms with Crippen LogP contribution in [0.4, 0.5) is 11.5 Å². The van der Waals surface area contributed by atoms with E-state index in [0.29, 0.717) is 50.4 Å². The molecule has 4 aromatic rings. The fraction of sp³-hybridized carbons (Fsp3) is 0.130. The minimum Gasteiger partial charge on any atom is -0.495 e. The lowest BCUT2D eigenvalue weighted by molar-refractivity contribution is 0.281. The van der Waals surface area contributed by atoms with E-state index in [1.54, 1.807) is 42.6 Å². The average molecular weight is 456 g/mol. The normalized spacial score (nSPS) is 11.0. The molecule has 8 heteroatoms. The number of fused-ring (bicyclic) bond motifs is 1. The van der Waals surface area contributed by atoms with Gasteiger partial charge in [-0.3, -0.25) is 4.79 Å². The Hall–Kier alpha value is -3.06. The van der Waals surface area contributed by atoms with Crippen LogP contribution >= 0.6 is 23.2 Å². The molecule has 31 heavy (non-hydrogen) atoms. The van der Waals surface area contributed by atoms with Gasteiger partial charge in [0, 0.05) is 28.4 Å². The van der Waals surface area contributed by atoms with Gasteiger partial charge >= 0.3 is 0 Å². The smallest absolute Gasteiger partial charge is 0.259 e. The number of aliphatic hydroxyl groups is 1. The van der Waals surface area contributed by atoms with Crippen LogP contribution < -0.4 is 15.6 Å². The van der Waals surface area contributed by atoms with Crippen molar-refractivity contribution in [3.05, 3.63) is 91.9 Å². The lowest BCUT2D eigenvalue weighted by atomic mass is 10.1. The molecule has 3 N–H and O–H groups in total. The highest BCUT2D eigenvalue weighted by Gasteiger charge is 2.15. The number of hydrogen-bond acceptors (Lipinski definition) is 5. The predicted octanol–water partition coefficient (Wildman–Crippen LogP) is 5.07. The Balaban J connectivity index is 1.83. The minimum atomic E-state index is -0.263. The summed E-state index contributed by atoms with van der Waals surface area (Å²) in [5, 5.41) is 14.8. The molecule has 2 heterocycles. The van der Waals surface area contributed by atoms with E-state index in [9.17, 15) is 9.90 Å². The van der Waals surface area contributed by atoms with E-state index >= 15 is 0 Å². The topological polar surface area (TPSA) is 87.2 Å². The zero-order valence-electron chi connectivity index (χ0n) is 16.6. The Kier molecular flexibility index (Phi) is 6.13. The van der Waals surface area contributed by atoms with Gasteiger partial charge in [0.1, 0.15) is 11.6 Å². The third-order valence-corrected chi connectivity index (χ3v) is 5.64. The number of aliphatic hydroxyl groups excluding tert-OH is 1. The first kappa shape index (κ1) is 21.2. The largest absolute Gasteiger partial charge is 0.495 e. The summed E-state index contributed by atoms with van der Waals surface area (Å²) in [6, 6.07) is 14.3. The number of rotatable bonds is 6. The summed E-state index contributed by atoms with van der Waals surface area (Å²) in [6.45, 7) is -0.106. The van der Waals surface area contributed by atoms with Crippen molar-refractivity contribution >= 4 is 45.5 Å². The van der Waals surface area contributed by atoms with Gasteiger partial charge in [-0.15, -0.1) is 0 Å². The number of aromatic amines is 1. The molecule has 0 saturated carbocycles. The monoisotopic (exact) mass is 455 g/mol. The number of aromatic nitrogens is 2. The first-order chi connectivity index (χ1) is 15.0. The average Bonchev–Trinajstić information content (AvgIpc) is 2.76. The van der Waals surface area contributed by atoms with E-state index in [1.165, 1.54) is 7.11 Å². The molecule has 0 aliphatic rings. The van der Waals surface area contributed by atoms with Crippen LogP contribution in [-0.2, 0) is 13.0 Å². The number of anilines is 2. The van der Waals surface area contributed by atoms with Crippen LogP contribution in [0.15, 0.2) is 59.5 Å². The number of benzene rings is 2. The number of halogens is 2. The molecule has 0 aliphatic heterocycles. The fourth-order valence-electron chi connectivity index (χ4n) is 3.40. The van der Waals surface area contributed by atoms with Crippen molar-refractivity contribution in [1.29, 1.82) is 0 Å². The van der Waals surface area contributed by atoms with Crippen molar-refractivity contribution in [3.63, 3.8) is 0 Å². The number of nitrogens with one attached hydrogen (secondary N) is 2. The Morgan fingerprint density at radius 2 is 1.90 bits per heavy atom. The molecule has 0 radical (unpaired) electrons. The van der Waals surface area contributed by atoms with Gasteiger partial charge < -0.3 is 20.1 Å². The summed E-state index contributed by atoms with van der Waals surface area (Å²) >= 11 is 12.7. The maximum Gasteiger partial charge on any atom is 0.259 e. The Labute approximate surface area is 188 Å². The van der Waals surface area contributed by atoms with E-state index in [2.05, 4.69) is 10.3 Å². The van der Waals surface area contributed by atoms with Crippen LogP contribution in [0.5, 0.6) is 5.75 Å². The highest BCUT2D eigenvalue weighted by Crippen LogP contribution is 2.32. The quantitative estimate of drug-likeness (QED) is 0.377. The van der Waals surface area contributed by atoms with Gasteiger partial charge in [-0.1, -0.05) is 35.3 Å². The Morgan fingerprint density at radius 1 is 1.13 bits per heavy atom. The van der Waals surface area contributed by atoms with Crippen LogP contribution in [0.3, 0.4) is 0 Å². The molecular weight excluding hydrogens is 437 g/mol. The molecule has 6 nitrogen and oxygen atoms in total. The summed E-state index contributed by atoms with van der Waals surface area (Å²) in [6.07, 6.45) is 1.99. The summed E-state index contributed by atoms with van der Waals surface area (Å²) in [5.41, 5.74) is 2.52. The predicted molar refractivity (Wildman–Crippen MR) is 124 cm³/mol. The highest BCUT2D eigenvalue weighted by molar-refractivity contribution is 6.36. The van der Waals surface area contributed by atoms with E-state index < -0.39 is 0 Å². The minimum absolute atomic E-state index is 0.106. The van der Waals surface area contributed by atoms with Crippen LogP contribution in [0, 0.1) is 0 Å². The molecule has 4 rings (SSSR count). The maximum absolute atomic E-state index is 12.6. The summed E-state index contributed by atoms with van der Waals surface area (Å²) in [5.74, 6) is 0.904. The molecule has 2 aromatic heterocycles. The van der Waals surface area contributed by atoms with Gasteiger partial charge in [-0.05, 0) is 52.9 Å². The third-order valence-electron chi connectivity index (χ3n) is 4.93. The second-order valence-electron chi connectivity index (χ2n) is 6.93. The first-order valence-corrected chi connectivity index (χ1v) is 10.2. The second kappa shape index (κ2) is 8.98. The van der Waals surface area contributed by atoms with E-state index in [0.717, 1.165) is 10.9 Å². The van der Waals surface area contributed by atoms with Gasteiger partial charge in [0.15, 0.2) is 0 Å². The number of hydrogen-bond donors (Lipinski definition) is 3. The molecule has 0 saturated heterocycles. The van der Waals surface area contributed by atoms with Crippen molar-refractivity contribution in [2.45, 2.75) is 13.0 Å². The zero-order valence-corrected chi connectivity index (χ0v) is 18.1. The molecule has 0 amide bonds. The number of H-pyrrole nitrogens is 1. The van der Waals surface area contributed by atoms with Crippen molar-refractivity contribution < 1.29 is 9.84 Å². The van der Waals surface area contributed by atoms with E-state index in [1.807, 2.05) is 12.1 Å². The van der Waals surface area contributed by atoms with E-state index in [-0.39, 0.29) is 12.2 Å². The number of ether oxygens (including phenoxy) is 1. The summed E-state index contributed by atoms with van der Waals surface area (Å²) < 4.78 is 5.44. The molecule has 0 spiro atoms. The molecule has 0 aliphatic carbocycles. The Morgan fingerprint density at radius 3 is 2.61 bits per heavy atom. The van der Waals surface area contributed by atoms with Gasteiger partial charge in [-0.2, -0.15) is 0 Å². The van der Waals surface area contributed by atoms with Crippen molar-refractivity contribution in [2.75, 3.05) is 12.4 Å². The number of pyridine rings is 2. The second-order valence-corrected chi connectivity index (χ2v) is 7.74. The molecule has 0 bridgehead atoms. The van der Waals surface area contributed by atoms with Crippen LogP contribution in [0.1, 0.15) is 16.8 Å². The van der Waals surface area contributed by atoms with Gasteiger partial charge in [0.05, 0.1) is 24.8 Å². The van der Waals surface area contributed by atoms with Gasteiger partial charge in [-0.25, -0.2) is 4.98 Å². The SMILES string of the molecule is COc1cc(CO)ccc1Nc1nc(Cc2c(Cl)cccc2Cl)cc2cc[nH]c(=O)c12. The lowest BCUT2D eigenvalue weighted by Gasteiger charge is -2.15. The standard InChI is InChI=1S/C23H19Cl2N3O3/c1-31-20-9-13(12-29)5-6-19(20)28-22-21-14(7-8-26-23(21)30)10-15(27-22)11-16-17(24)3-2-4-18(16)25/h2-10,29H,11-12H2,1H3,(H,26,30)(H,27,28). The van der Waals surface area contributed by atoms with Crippen LogP contribution in [-0.4, -0.2) is 22.2 Å². The van der Waals surface area contributed by atoms with Crippen LogP contribution in [0.25, 0.3) is 10.8 Å². The van der Waals surface area contributed by atoms with Crippen molar-refractivity contribution in [1.82, 2.24) is 9.97 Å². The van der Waals surface area contributed by atoms with Crippen molar-refractivity contribution in [3.8, 4) is 5.75 Å². The molecule has 0 unspecified atom stereocenters. The molecular formula is C23H19Cl2N3O3. The van der Waals surface area contributed by atoms with Gasteiger partial charge in [0.2, 0.25) is 0 Å². The van der Waals surface area contributed by atoms with Crippen molar-refractivity contribution in [2.24, 2.45) is 0 Å². The molecule has 158 valence electrons. The Bertz CT molecular complexity index is 1300. The maximum atomic E-state index is 12.6. The van der Waals surface area contributed by atoms with E-state index in [4.69, 9.17) is 32.9 Å². The zero-order chi connectivity index (χ0) is 22.0. The summed E-state index contributed by atoms with van der Waals surface area (Å²) in [7, 11) is 1.54. The summed E-state index contributed by atoms with van der Waals surface area (Å²) in [4.78, 5) is 20.0. The highest BCUT2D eigenvalue weighted by atomic mass is 35.5. The molecule has 2 aromatic carbocycles.